The Kier molecular flexibility index (Phi) is 3.81. The molecule has 0 N–H and O–H groups in total. The van der Waals surface area contributed by atoms with Crippen LogP contribution in [0, 0.1) is 0 Å². The van der Waals surface area contributed by atoms with Crippen LogP contribution in [0.5, 0.6) is 0 Å². The Morgan fingerprint density at radius 2 is 1.92 bits per heavy atom. The van der Waals surface area contributed by atoms with Gasteiger partial charge in [-0.1, -0.05) is 49.4 Å². The van der Waals surface area contributed by atoms with Crippen LogP contribution >= 0.6 is 0 Å². The molecule has 12 heavy (non-hydrogen) atoms. The molecule has 0 aromatic heterocycles. The van der Waals surface area contributed by atoms with Crippen LogP contribution in [0.1, 0.15) is 17.5 Å². The van der Waals surface area contributed by atoms with Crippen LogP contribution in [-0.2, 0) is 6.42 Å². The predicted molar refractivity (Wildman–Crippen MR) is 55.4 cm³/mol. The molecule has 1 rings (SSSR count). The zero-order chi connectivity index (χ0) is 8.81. The Bertz CT molecular complexity index is 236. The molecule has 0 saturated heterocycles. The zero-order valence-electron chi connectivity index (χ0n) is 7.22. The van der Waals surface area contributed by atoms with Gasteiger partial charge in [0.15, 0.2) is 0 Å². The monoisotopic (exact) mass is 173 g/mol. The normalized spacial score (nSPS) is 9.75. The first-order valence-electron chi connectivity index (χ1n) is 4.23. The van der Waals surface area contributed by atoms with Crippen molar-refractivity contribution in [2.24, 2.45) is 0 Å². The van der Waals surface area contributed by atoms with Crippen molar-refractivity contribution in [1.82, 2.24) is 0 Å². The van der Waals surface area contributed by atoms with Crippen LogP contribution in [0.2, 0.25) is 6.04 Å². The molecule has 0 aliphatic carbocycles. The molecule has 61 valence electrons. The molecule has 0 fully saturated rings. The summed E-state index contributed by atoms with van der Waals surface area (Å²) in [4.78, 5) is 0. The SMILES string of the molecule is C=Cc1ccc(CCC[Si])cc1. The molecule has 1 aromatic rings. The van der Waals surface area contributed by atoms with Crippen molar-refractivity contribution in [2.75, 3.05) is 0 Å². The third-order valence-corrected chi connectivity index (χ3v) is 2.21. The van der Waals surface area contributed by atoms with Crippen molar-refractivity contribution in [2.45, 2.75) is 18.9 Å². The summed E-state index contributed by atoms with van der Waals surface area (Å²) in [6.45, 7) is 3.71. The Balaban J connectivity index is 2.58. The second kappa shape index (κ2) is 4.94. The highest BCUT2D eigenvalue weighted by molar-refractivity contribution is 6.08. The van der Waals surface area contributed by atoms with E-state index in [0.717, 1.165) is 12.5 Å². The van der Waals surface area contributed by atoms with Crippen LogP contribution in [0.4, 0.5) is 0 Å². The number of aryl methyl sites for hydroxylation is 1. The van der Waals surface area contributed by atoms with E-state index in [2.05, 4.69) is 41.1 Å². The first kappa shape index (κ1) is 9.27. The summed E-state index contributed by atoms with van der Waals surface area (Å²) in [6, 6.07) is 9.62. The fourth-order valence-electron chi connectivity index (χ4n) is 1.11. The molecular formula is C11H13Si. The Morgan fingerprint density at radius 1 is 1.25 bits per heavy atom. The van der Waals surface area contributed by atoms with Crippen molar-refractivity contribution in [3.63, 3.8) is 0 Å². The van der Waals surface area contributed by atoms with Gasteiger partial charge in [0.2, 0.25) is 0 Å². The quantitative estimate of drug-likeness (QED) is 0.614. The van der Waals surface area contributed by atoms with Gasteiger partial charge in [-0.15, -0.1) is 0 Å². The highest BCUT2D eigenvalue weighted by Crippen LogP contribution is 2.07. The van der Waals surface area contributed by atoms with E-state index in [0.29, 0.717) is 0 Å². The Hall–Kier alpha value is -0.823. The van der Waals surface area contributed by atoms with Gasteiger partial charge in [-0.3, -0.25) is 0 Å². The van der Waals surface area contributed by atoms with Crippen molar-refractivity contribution in [3.8, 4) is 0 Å². The molecule has 0 amide bonds. The summed E-state index contributed by atoms with van der Waals surface area (Å²) in [5.41, 5.74) is 2.59. The molecule has 0 nitrogen and oxygen atoms in total. The third kappa shape index (κ3) is 2.66. The van der Waals surface area contributed by atoms with Gasteiger partial charge in [0, 0.05) is 10.2 Å². The van der Waals surface area contributed by atoms with Gasteiger partial charge in [0.25, 0.3) is 0 Å². The summed E-state index contributed by atoms with van der Waals surface area (Å²) >= 11 is 0. The van der Waals surface area contributed by atoms with E-state index in [-0.39, 0.29) is 0 Å². The topological polar surface area (TPSA) is 0 Å². The van der Waals surface area contributed by atoms with Crippen molar-refractivity contribution in [3.05, 3.63) is 42.0 Å². The summed E-state index contributed by atoms with van der Waals surface area (Å²) < 4.78 is 0. The minimum atomic E-state index is 1.07. The fourth-order valence-corrected chi connectivity index (χ4v) is 1.29. The zero-order valence-corrected chi connectivity index (χ0v) is 8.22. The Morgan fingerprint density at radius 3 is 2.42 bits per heavy atom. The lowest BCUT2D eigenvalue weighted by atomic mass is 10.1. The van der Waals surface area contributed by atoms with E-state index in [4.69, 9.17) is 0 Å². The maximum Gasteiger partial charge on any atom is 0.0222 e. The van der Waals surface area contributed by atoms with Crippen LogP contribution in [0.15, 0.2) is 30.8 Å². The predicted octanol–water partition coefficient (Wildman–Crippen LogP) is 2.85. The number of rotatable bonds is 4. The standard InChI is InChI=1S/C11H13Si/c1-2-10-5-7-11(8-6-10)4-3-9-12/h2,5-8H,1,3-4,9H2. The van der Waals surface area contributed by atoms with E-state index in [1.165, 1.54) is 17.5 Å². The van der Waals surface area contributed by atoms with E-state index in [9.17, 15) is 0 Å². The maximum absolute atomic E-state index is 3.71. The van der Waals surface area contributed by atoms with E-state index in [1.807, 2.05) is 6.08 Å². The number of hydrogen-bond donors (Lipinski definition) is 0. The minimum absolute atomic E-state index is 1.07. The molecule has 0 aliphatic heterocycles. The lowest BCUT2D eigenvalue weighted by Crippen LogP contribution is -1.84. The highest BCUT2D eigenvalue weighted by Gasteiger charge is 1.91. The number of benzene rings is 1. The largest absolute Gasteiger partial charge is 0.0985 e. The fraction of sp³-hybridized carbons (Fsp3) is 0.273. The molecule has 0 aliphatic rings. The molecule has 1 aromatic carbocycles. The lowest BCUT2D eigenvalue weighted by molar-refractivity contribution is 0.919. The summed E-state index contributed by atoms with van der Waals surface area (Å²) in [5.74, 6) is 0. The van der Waals surface area contributed by atoms with Gasteiger partial charge in [-0.05, 0) is 17.5 Å². The summed E-state index contributed by atoms with van der Waals surface area (Å²) in [6.07, 6.45) is 4.22. The summed E-state index contributed by atoms with van der Waals surface area (Å²) in [7, 11) is 3.46. The van der Waals surface area contributed by atoms with E-state index < -0.39 is 0 Å². The highest BCUT2D eigenvalue weighted by atomic mass is 28.1. The molecule has 0 heterocycles. The van der Waals surface area contributed by atoms with Crippen LogP contribution in [0.3, 0.4) is 0 Å². The second-order valence-corrected chi connectivity index (χ2v) is 3.30. The lowest BCUT2D eigenvalue weighted by Gasteiger charge is -1.99. The van der Waals surface area contributed by atoms with Gasteiger partial charge in [-0.2, -0.15) is 0 Å². The first-order valence-corrected chi connectivity index (χ1v) is 4.93. The van der Waals surface area contributed by atoms with Gasteiger partial charge >= 0.3 is 0 Å². The minimum Gasteiger partial charge on any atom is -0.0985 e. The van der Waals surface area contributed by atoms with Crippen LogP contribution in [-0.4, -0.2) is 10.2 Å². The maximum atomic E-state index is 3.71. The average Bonchev–Trinajstić information content (AvgIpc) is 2.15. The van der Waals surface area contributed by atoms with Gasteiger partial charge in [0.1, 0.15) is 0 Å². The molecule has 0 unspecified atom stereocenters. The van der Waals surface area contributed by atoms with Crippen LogP contribution in [0.25, 0.3) is 6.08 Å². The van der Waals surface area contributed by atoms with Crippen molar-refractivity contribution >= 4 is 16.3 Å². The third-order valence-electron chi connectivity index (χ3n) is 1.86. The van der Waals surface area contributed by atoms with Crippen molar-refractivity contribution in [1.29, 1.82) is 0 Å². The second-order valence-electron chi connectivity index (χ2n) is 2.80. The molecule has 0 bridgehead atoms. The van der Waals surface area contributed by atoms with E-state index in [1.54, 1.807) is 0 Å². The van der Waals surface area contributed by atoms with Gasteiger partial charge < -0.3 is 0 Å². The molecular weight excluding hydrogens is 160 g/mol. The van der Waals surface area contributed by atoms with Crippen LogP contribution < -0.4 is 0 Å². The van der Waals surface area contributed by atoms with Gasteiger partial charge in [-0.25, -0.2) is 0 Å². The molecule has 0 spiro atoms. The van der Waals surface area contributed by atoms with Crippen molar-refractivity contribution < 1.29 is 0 Å². The molecule has 3 radical (unpaired) electrons. The Labute approximate surface area is 77.7 Å². The van der Waals surface area contributed by atoms with Gasteiger partial charge in [0.05, 0.1) is 0 Å². The molecule has 1 heteroatoms. The molecule has 0 saturated carbocycles. The average molecular weight is 173 g/mol. The first-order chi connectivity index (χ1) is 5.86. The summed E-state index contributed by atoms with van der Waals surface area (Å²) in [5, 5.41) is 0. The molecule has 0 atom stereocenters. The number of hydrogen-bond acceptors (Lipinski definition) is 0. The smallest absolute Gasteiger partial charge is 0.0222 e. The van der Waals surface area contributed by atoms with E-state index >= 15 is 0 Å².